The third kappa shape index (κ3) is 5.94. The predicted octanol–water partition coefficient (Wildman–Crippen LogP) is 1.57. The number of amides is 1. The quantitative estimate of drug-likeness (QED) is 0.699. The zero-order valence-corrected chi connectivity index (χ0v) is 14.2. The third-order valence-corrected chi connectivity index (χ3v) is 6.10. The molecule has 0 saturated carbocycles. The smallest absolute Gasteiger partial charge is 0.222 e. The van der Waals surface area contributed by atoms with Crippen molar-refractivity contribution >= 4 is 15.7 Å². The molecule has 21 heavy (non-hydrogen) atoms. The molecule has 1 fully saturated rings. The Kier molecular flexibility index (Phi) is 7.66. The first kappa shape index (κ1) is 18.4. The first-order valence-electron chi connectivity index (χ1n) is 8.13. The third-order valence-electron chi connectivity index (χ3n) is 4.35. The molecule has 0 radical (unpaired) electrons. The van der Waals surface area contributed by atoms with Gasteiger partial charge in [-0.2, -0.15) is 0 Å². The molecule has 1 aliphatic heterocycles. The van der Waals surface area contributed by atoms with Crippen LogP contribution in [0.5, 0.6) is 0 Å². The van der Waals surface area contributed by atoms with Crippen molar-refractivity contribution in [3.63, 3.8) is 0 Å². The zero-order chi connectivity index (χ0) is 15.9. The van der Waals surface area contributed by atoms with Gasteiger partial charge in [-0.05, 0) is 38.6 Å². The van der Waals surface area contributed by atoms with Crippen LogP contribution in [-0.2, 0) is 14.6 Å². The summed E-state index contributed by atoms with van der Waals surface area (Å²) in [6, 6.07) is -0.119. The molecule has 6 heteroatoms. The van der Waals surface area contributed by atoms with Gasteiger partial charge in [0.25, 0.3) is 0 Å². The monoisotopic (exact) mass is 318 g/mol. The van der Waals surface area contributed by atoms with Crippen LogP contribution >= 0.6 is 0 Å². The Bertz CT molecular complexity index is 417. The van der Waals surface area contributed by atoms with Crippen LogP contribution in [0.15, 0.2) is 0 Å². The van der Waals surface area contributed by atoms with Gasteiger partial charge in [0.05, 0.1) is 11.5 Å². The molecule has 1 heterocycles. The highest BCUT2D eigenvalue weighted by Gasteiger charge is 2.33. The van der Waals surface area contributed by atoms with E-state index in [9.17, 15) is 13.2 Å². The van der Waals surface area contributed by atoms with Crippen LogP contribution in [0.2, 0.25) is 0 Å². The Labute approximate surface area is 129 Å². The molecule has 1 rings (SSSR count). The Morgan fingerprint density at radius 3 is 2.48 bits per heavy atom. The van der Waals surface area contributed by atoms with E-state index in [2.05, 4.69) is 6.92 Å². The number of carbonyl (C=O) groups excluding carboxylic acids is 1. The molecule has 0 spiro atoms. The van der Waals surface area contributed by atoms with Gasteiger partial charge in [-0.1, -0.05) is 19.8 Å². The summed E-state index contributed by atoms with van der Waals surface area (Å²) in [4.78, 5) is 14.1. The average Bonchev–Trinajstić information content (AvgIpc) is 2.77. The van der Waals surface area contributed by atoms with Crippen molar-refractivity contribution in [1.29, 1.82) is 0 Å². The first-order chi connectivity index (χ1) is 9.93. The lowest BCUT2D eigenvalue weighted by molar-refractivity contribution is -0.133. The number of hydrogen-bond donors (Lipinski definition) is 1. The number of nitrogens with zero attached hydrogens (tertiary/aromatic N) is 1. The van der Waals surface area contributed by atoms with Crippen LogP contribution in [0.4, 0.5) is 0 Å². The van der Waals surface area contributed by atoms with Crippen molar-refractivity contribution in [2.24, 2.45) is 11.7 Å². The standard InChI is InChI=1S/C15H30N2O3S/c1-3-5-13(8-10-16)6-7-15(18)17(4-2)14-9-11-21(19,20)12-14/h13-14H,3-12,16H2,1-2H3. The molecule has 0 bridgehead atoms. The van der Waals surface area contributed by atoms with E-state index < -0.39 is 9.84 Å². The highest BCUT2D eigenvalue weighted by molar-refractivity contribution is 7.91. The molecule has 0 aromatic rings. The number of nitrogens with two attached hydrogens (primary N) is 1. The largest absolute Gasteiger partial charge is 0.339 e. The van der Waals surface area contributed by atoms with Crippen molar-refractivity contribution in [3.8, 4) is 0 Å². The highest BCUT2D eigenvalue weighted by atomic mass is 32.2. The molecule has 0 aliphatic carbocycles. The summed E-state index contributed by atoms with van der Waals surface area (Å²) in [6.07, 6.45) is 5.13. The molecule has 0 aromatic heterocycles. The fourth-order valence-corrected chi connectivity index (χ4v) is 4.94. The molecule has 2 unspecified atom stereocenters. The SMILES string of the molecule is CCCC(CCN)CCC(=O)N(CC)C1CCS(=O)(=O)C1. The van der Waals surface area contributed by atoms with Gasteiger partial charge >= 0.3 is 0 Å². The predicted molar refractivity (Wildman–Crippen MR) is 85.7 cm³/mol. The van der Waals surface area contributed by atoms with Crippen LogP contribution < -0.4 is 5.73 Å². The van der Waals surface area contributed by atoms with E-state index in [-0.39, 0.29) is 23.5 Å². The summed E-state index contributed by atoms with van der Waals surface area (Å²) in [7, 11) is -2.94. The molecule has 124 valence electrons. The Hall–Kier alpha value is -0.620. The lowest BCUT2D eigenvalue weighted by Crippen LogP contribution is -2.41. The van der Waals surface area contributed by atoms with Gasteiger partial charge in [-0.3, -0.25) is 4.79 Å². The maximum Gasteiger partial charge on any atom is 0.222 e. The lowest BCUT2D eigenvalue weighted by Gasteiger charge is -2.27. The summed E-state index contributed by atoms with van der Waals surface area (Å²) in [5.41, 5.74) is 5.62. The summed E-state index contributed by atoms with van der Waals surface area (Å²) in [6.45, 7) is 5.32. The number of carbonyl (C=O) groups is 1. The summed E-state index contributed by atoms with van der Waals surface area (Å²) in [5.74, 6) is 0.952. The minimum absolute atomic E-state index is 0.0951. The fourth-order valence-electron chi connectivity index (χ4n) is 3.21. The van der Waals surface area contributed by atoms with Crippen molar-refractivity contribution in [1.82, 2.24) is 4.90 Å². The number of hydrogen-bond acceptors (Lipinski definition) is 4. The van der Waals surface area contributed by atoms with E-state index >= 15 is 0 Å². The summed E-state index contributed by atoms with van der Waals surface area (Å²) in [5, 5.41) is 0. The number of sulfone groups is 1. The highest BCUT2D eigenvalue weighted by Crippen LogP contribution is 2.21. The van der Waals surface area contributed by atoms with E-state index in [0.29, 0.717) is 31.8 Å². The molecule has 2 atom stereocenters. The summed E-state index contributed by atoms with van der Waals surface area (Å²) < 4.78 is 23.1. The fraction of sp³-hybridized carbons (Fsp3) is 0.933. The second kappa shape index (κ2) is 8.73. The second-order valence-corrected chi connectivity index (χ2v) is 8.24. The van der Waals surface area contributed by atoms with Crippen molar-refractivity contribution in [2.45, 2.75) is 58.4 Å². The number of rotatable bonds is 9. The van der Waals surface area contributed by atoms with E-state index in [4.69, 9.17) is 5.73 Å². The zero-order valence-electron chi connectivity index (χ0n) is 13.4. The van der Waals surface area contributed by atoms with Gasteiger partial charge in [0.2, 0.25) is 5.91 Å². The van der Waals surface area contributed by atoms with Crippen LogP contribution in [0.25, 0.3) is 0 Å². The van der Waals surface area contributed by atoms with Crippen molar-refractivity contribution < 1.29 is 13.2 Å². The van der Waals surface area contributed by atoms with Gasteiger partial charge in [0, 0.05) is 19.0 Å². The van der Waals surface area contributed by atoms with Crippen LogP contribution in [-0.4, -0.2) is 49.9 Å². The molecule has 1 saturated heterocycles. The van der Waals surface area contributed by atoms with Crippen molar-refractivity contribution in [3.05, 3.63) is 0 Å². The van der Waals surface area contributed by atoms with Gasteiger partial charge < -0.3 is 10.6 Å². The molecular formula is C15H30N2O3S. The van der Waals surface area contributed by atoms with Gasteiger partial charge in [-0.15, -0.1) is 0 Å². The van der Waals surface area contributed by atoms with E-state index in [1.54, 1.807) is 4.90 Å². The first-order valence-corrected chi connectivity index (χ1v) is 9.95. The maximum absolute atomic E-state index is 12.4. The van der Waals surface area contributed by atoms with Gasteiger partial charge in [0.1, 0.15) is 0 Å². The lowest BCUT2D eigenvalue weighted by atomic mass is 9.94. The summed E-state index contributed by atoms with van der Waals surface area (Å²) >= 11 is 0. The molecular weight excluding hydrogens is 288 g/mol. The molecule has 2 N–H and O–H groups in total. The normalized spacial score (nSPS) is 22.1. The molecule has 5 nitrogen and oxygen atoms in total. The van der Waals surface area contributed by atoms with Crippen molar-refractivity contribution in [2.75, 3.05) is 24.6 Å². The molecule has 0 aromatic carbocycles. The second-order valence-electron chi connectivity index (χ2n) is 6.01. The Morgan fingerprint density at radius 1 is 1.29 bits per heavy atom. The van der Waals surface area contributed by atoms with Gasteiger partial charge in [-0.25, -0.2) is 8.42 Å². The van der Waals surface area contributed by atoms with Gasteiger partial charge in [0.15, 0.2) is 9.84 Å². The minimum atomic E-state index is -2.94. The topological polar surface area (TPSA) is 80.5 Å². The van der Waals surface area contributed by atoms with E-state index in [0.717, 1.165) is 25.7 Å². The molecule has 1 aliphatic rings. The Balaban J connectivity index is 2.51. The van der Waals surface area contributed by atoms with E-state index in [1.165, 1.54) is 0 Å². The molecule has 1 amide bonds. The maximum atomic E-state index is 12.4. The Morgan fingerprint density at radius 2 is 2.00 bits per heavy atom. The van der Waals surface area contributed by atoms with Crippen LogP contribution in [0.3, 0.4) is 0 Å². The minimum Gasteiger partial charge on any atom is -0.339 e. The average molecular weight is 318 g/mol. The van der Waals surface area contributed by atoms with E-state index in [1.807, 2.05) is 6.92 Å². The van der Waals surface area contributed by atoms with Crippen LogP contribution in [0, 0.1) is 5.92 Å². The van der Waals surface area contributed by atoms with Crippen LogP contribution in [0.1, 0.15) is 52.4 Å².